The summed E-state index contributed by atoms with van der Waals surface area (Å²) in [6, 6.07) is 9.20. The van der Waals surface area contributed by atoms with Gasteiger partial charge in [0.25, 0.3) is 0 Å². The van der Waals surface area contributed by atoms with Crippen molar-refractivity contribution in [1.82, 2.24) is 0 Å². The predicted molar refractivity (Wildman–Crippen MR) is 120 cm³/mol. The summed E-state index contributed by atoms with van der Waals surface area (Å²) in [4.78, 5) is 0. The number of hydrogen-bond donors (Lipinski definition) is 0. The van der Waals surface area contributed by atoms with E-state index < -0.39 is 14.4 Å². The third-order valence-corrected chi connectivity index (χ3v) is 47.7. The fourth-order valence-electron chi connectivity index (χ4n) is 6.63. The van der Waals surface area contributed by atoms with E-state index in [1.165, 1.54) is 45.9 Å². The zero-order chi connectivity index (χ0) is 19.0. The second-order valence-electron chi connectivity index (χ2n) is 11.7. The van der Waals surface area contributed by atoms with Crippen LogP contribution in [0.15, 0.2) is 51.9 Å². The molecule has 0 saturated carbocycles. The van der Waals surface area contributed by atoms with Crippen molar-refractivity contribution in [3.63, 3.8) is 0 Å². The van der Waals surface area contributed by atoms with E-state index >= 15 is 0 Å². The van der Waals surface area contributed by atoms with Crippen molar-refractivity contribution in [2.24, 2.45) is 0 Å². The van der Waals surface area contributed by atoms with E-state index in [1.807, 2.05) is 3.28 Å². The van der Waals surface area contributed by atoms with E-state index in [0.717, 1.165) is 0 Å². The summed E-state index contributed by atoms with van der Waals surface area (Å²) in [5, 5.41) is 0. The number of rotatable bonds is 8. The average molecular weight is 446 g/mol. The molecule has 1 aromatic carbocycles. The quantitative estimate of drug-likeness (QED) is 0.365. The van der Waals surface area contributed by atoms with Crippen LogP contribution in [-0.2, 0) is 14.4 Å². The van der Waals surface area contributed by atoms with Crippen LogP contribution in [-0.4, -0.2) is 6.88 Å². The van der Waals surface area contributed by atoms with Gasteiger partial charge < -0.3 is 0 Å². The zero-order valence-electron chi connectivity index (χ0n) is 17.4. The normalized spacial score (nSPS) is 23.0. The molecule has 0 nitrogen and oxygen atoms in total. The third kappa shape index (κ3) is 2.70. The monoisotopic (exact) mass is 444 g/mol. The summed E-state index contributed by atoms with van der Waals surface area (Å²) in [6.07, 6.45) is 18.8. The van der Waals surface area contributed by atoms with Crippen LogP contribution in [0.3, 0.4) is 0 Å². The minimum atomic E-state index is -4.32. The Hall–Kier alpha value is -0.460. The van der Waals surface area contributed by atoms with Gasteiger partial charge in [-0.25, -0.2) is 0 Å². The first-order chi connectivity index (χ1) is 12.1. The van der Waals surface area contributed by atoms with Gasteiger partial charge in [0.15, 0.2) is 0 Å². The average Bonchev–Trinajstić information content (AvgIpc) is 3.30. The molecule has 0 saturated heterocycles. The molecule has 0 heterocycles. The summed E-state index contributed by atoms with van der Waals surface area (Å²) in [6.45, 7) is 7.27. The van der Waals surface area contributed by atoms with Gasteiger partial charge in [0, 0.05) is 0 Å². The van der Waals surface area contributed by atoms with Crippen LogP contribution in [0.25, 0.3) is 6.08 Å². The molecule has 1 unspecified atom stereocenters. The van der Waals surface area contributed by atoms with Crippen LogP contribution < -0.4 is 0 Å². The molecule has 0 bridgehead atoms. The molecule has 26 heavy (non-hydrogen) atoms. The Morgan fingerprint density at radius 2 is 1.69 bits per heavy atom. The zero-order valence-corrected chi connectivity index (χ0v) is 21.3. The van der Waals surface area contributed by atoms with Crippen molar-refractivity contribution in [3.05, 3.63) is 63.0 Å². The van der Waals surface area contributed by atoms with Gasteiger partial charge in [-0.15, -0.1) is 0 Å². The van der Waals surface area contributed by atoms with Crippen LogP contribution >= 0.6 is 0 Å². The second-order valence-corrected chi connectivity index (χ2v) is 64.3. The maximum atomic E-state index is 2.84. The summed E-state index contributed by atoms with van der Waals surface area (Å²) < 4.78 is 11.0. The maximum absolute atomic E-state index is 4.32. The van der Waals surface area contributed by atoms with E-state index in [1.54, 1.807) is 5.56 Å². The van der Waals surface area contributed by atoms with Crippen LogP contribution in [0.2, 0.25) is 17.5 Å². The molecule has 0 aliphatic heterocycles. The predicted octanol–water partition coefficient (Wildman–Crippen LogP) is 7.44. The second kappa shape index (κ2) is 5.77. The third-order valence-electron chi connectivity index (χ3n) is 8.82. The van der Waals surface area contributed by atoms with Crippen LogP contribution in [0.4, 0.5) is 0 Å². The van der Waals surface area contributed by atoms with Gasteiger partial charge in [-0.2, -0.15) is 0 Å². The van der Waals surface area contributed by atoms with Gasteiger partial charge in [0.05, 0.1) is 0 Å². The van der Waals surface area contributed by atoms with E-state index in [9.17, 15) is 0 Å². The molecule has 2 heteroatoms. The Labute approximate surface area is 156 Å². The van der Waals surface area contributed by atoms with Crippen LogP contribution in [0, 0.1) is 0 Å². The number of benzene rings is 1. The van der Waals surface area contributed by atoms with Gasteiger partial charge in [0.1, 0.15) is 0 Å². The van der Waals surface area contributed by atoms with Gasteiger partial charge in [0.2, 0.25) is 0 Å². The molecule has 0 fully saturated rings. The Balaban J connectivity index is 2.37. The van der Waals surface area contributed by atoms with Crippen LogP contribution in [0.1, 0.15) is 60.7 Å². The van der Waals surface area contributed by atoms with Crippen molar-refractivity contribution in [3.8, 4) is 0 Å². The van der Waals surface area contributed by atoms with Crippen LogP contribution in [0.5, 0.6) is 0 Å². The summed E-state index contributed by atoms with van der Waals surface area (Å²) >= 11 is -4.32. The first-order valence-electron chi connectivity index (χ1n) is 10.8. The van der Waals surface area contributed by atoms with Gasteiger partial charge >= 0.3 is 157 Å². The number of allylic oxidation sites excluding steroid dienone is 5. The molecule has 0 radical (unpaired) electrons. The molecule has 1 atom stereocenters. The molecule has 2 aliphatic carbocycles. The first-order valence-corrected chi connectivity index (χ1v) is 27.8. The SMILES string of the molecule is CCC[CH2][Zr]([CH3])([CH3])(=[SiH2])([CH2]CCC)([C]1=CC=CC1)[CH]1C=Cc2ccccc21. The Kier molecular flexibility index (Phi) is 4.50. The van der Waals surface area contributed by atoms with Crippen molar-refractivity contribution in [1.29, 1.82) is 0 Å². The minimum absolute atomic E-state index is 0.602. The summed E-state index contributed by atoms with van der Waals surface area (Å²) in [5.41, 5.74) is 3.07. The Morgan fingerprint density at radius 3 is 2.27 bits per heavy atom. The van der Waals surface area contributed by atoms with Gasteiger partial charge in [-0.3, -0.25) is 0 Å². The van der Waals surface area contributed by atoms with E-state index in [-0.39, 0.29) is 0 Å². The van der Waals surface area contributed by atoms with Crippen molar-refractivity contribution >= 4 is 13.0 Å². The molecule has 0 spiro atoms. The standard InChI is InChI=1S/C9H7.C5H5.2C4H9.2CH3.H2Si.Zr/c1-2-5-9-7-3-6-8(9)4-1;1-2-4-5-3-1;2*1-3-4-2;;;;/h1-7H;1-3H,4H2;2*1,3-4H2,2H3;2*1H3;1H2;. The Bertz CT molecular complexity index is 917. The van der Waals surface area contributed by atoms with E-state index in [0.29, 0.717) is 3.63 Å². The summed E-state index contributed by atoms with van der Waals surface area (Å²) in [7, 11) is 0. The molecule has 142 valence electrons. The topological polar surface area (TPSA) is 0 Å². The molecular formula is C24H38SiZr. The fraction of sp³-hybridized carbons (Fsp3) is 0.500. The number of fused-ring (bicyclic) bond motifs is 1. The summed E-state index contributed by atoms with van der Waals surface area (Å²) in [5.74, 6) is 0. The van der Waals surface area contributed by atoms with Crippen molar-refractivity contribution < 1.29 is 14.4 Å². The van der Waals surface area contributed by atoms with E-state index in [4.69, 9.17) is 0 Å². The van der Waals surface area contributed by atoms with E-state index in [2.05, 4.69) is 84.6 Å². The Morgan fingerprint density at radius 1 is 1.04 bits per heavy atom. The molecule has 3 rings (SSSR count). The molecular weight excluding hydrogens is 408 g/mol. The number of unbranched alkanes of at least 4 members (excludes halogenated alkanes) is 2. The van der Waals surface area contributed by atoms with Gasteiger partial charge in [-0.1, -0.05) is 0 Å². The molecule has 2 aliphatic rings. The first kappa shape index (κ1) is 20.3. The molecule has 0 amide bonds. The number of hydrogen-bond acceptors (Lipinski definition) is 0. The fourth-order valence-corrected chi connectivity index (χ4v) is 38.9. The molecule has 0 aromatic heterocycles. The molecule has 0 N–H and O–H groups in total. The molecule has 1 aromatic rings. The van der Waals surface area contributed by atoms with Gasteiger partial charge in [-0.05, 0) is 0 Å². The van der Waals surface area contributed by atoms with Crippen molar-refractivity contribution in [2.75, 3.05) is 0 Å². The van der Waals surface area contributed by atoms with Crippen molar-refractivity contribution in [2.45, 2.75) is 67.1 Å².